The van der Waals surface area contributed by atoms with Crippen molar-refractivity contribution in [2.45, 2.75) is 57.1 Å². The molecule has 202 valence electrons. The highest BCUT2D eigenvalue weighted by molar-refractivity contribution is 9.10. The van der Waals surface area contributed by atoms with Gasteiger partial charge in [-0.05, 0) is 54.3 Å². The average Bonchev–Trinajstić information content (AvgIpc) is 3.26. The number of hydrogen-bond acceptors (Lipinski definition) is 8. The molecule has 0 N–H and O–H groups in total. The Bertz CT molecular complexity index is 1200. The Balaban J connectivity index is 1.95. The van der Waals surface area contributed by atoms with Crippen LogP contribution in [0.5, 0.6) is 11.5 Å². The van der Waals surface area contributed by atoms with E-state index in [1.807, 2.05) is 13.8 Å². The molecule has 1 fully saturated rings. The van der Waals surface area contributed by atoms with Crippen LogP contribution in [0.2, 0.25) is 0 Å². The van der Waals surface area contributed by atoms with Gasteiger partial charge in [0.1, 0.15) is 12.7 Å². The summed E-state index contributed by atoms with van der Waals surface area (Å²) in [4.78, 5) is 26.6. The number of cyclic esters (lactones) is 1. The zero-order chi connectivity index (χ0) is 27.2. The van der Waals surface area contributed by atoms with Gasteiger partial charge in [-0.25, -0.2) is 9.69 Å². The van der Waals surface area contributed by atoms with Gasteiger partial charge in [0.15, 0.2) is 11.5 Å². The number of halogens is 1. The second-order valence-corrected chi connectivity index (χ2v) is 11.4. The Kier molecular flexibility index (Phi) is 9.97. The largest absolute Gasteiger partial charge is 0.493 e. The lowest BCUT2D eigenvalue weighted by atomic mass is 10.0. The molecule has 0 saturated carbocycles. The van der Waals surface area contributed by atoms with Gasteiger partial charge in [0.05, 0.1) is 31.1 Å². The van der Waals surface area contributed by atoms with Gasteiger partial charge in [0.25, 0.3) is 10.1 Å². The van der Waals surface area contributed by atoms with Gasteiger partial charge in [0, 0.05) is 4.47 Å². The Labute approximate surface area is 226 Å². The summed E-state index contributed by atoms with van der Waals surface area (Å²) in [5, 5.41) is 0. The molecular weight excluding hydrogens is 566 g/mol. The molecule has 2 amide bonds. The first-order chi connectivity index (χ1) is 17.6. The molecule has 1 saturated heterocycles. The van der Waals surface area contributed by atoms with Gasteiger partial charge in [0.2, 0.25) is 5.91 Å². The van der Waals surface area contributed by atoms with E-state index < -0.39 is 40.7 Å². The van der Waals surface area contributed by atoms with Crippen LogP contribution in [0.25, 0.3) is 0 Å². The summed E-state index contributed by atoms with van der Waals surface area (Å²) in [6, 6.07) is 10.4. The van der Waals surface area contributed by atoms with Crippen LogP contribution in [0.4, 0.5) is 4.79 Å². The first kappa shape index (κ1) is 28.9. The number of benzene rings is 2. The standard InChI is InChI=1S/C26H32BrNO8S/c1-5-6-13-34-22-12-7-18(14-24(22)33-4)23(36-37(31,32)20-10-8-19(27)9-11-20)15-25(29)28-21(17(2)3)16-35-26(28)30/h7-12,14,17,21,23H,5-6,13,15-16H2,1-4H3/t21-,23+/m1/s1. The van der Waals surface area contributed by atoms with Crippen molar-refractivity contribution < 1.29 is 36.4 Å². The number of unbranched alkanes of at least 4 members (excludes halogenated alkanes) is 1. The predicted molar refractivity (Wildman–Crippen MR) is 140 cm³/mol. The van der Waals surface area contributed by atoms with E-state index >= 15 is 0 Å². The van der Waals surface area contributed by atoms with Crippen molar-refractivity contribution in [1.82, 2.24) is 4.90 Å². The summed E-state index contributed by atoms with van der Waals surface area (Å²) >= 11 is 3.28. The number of rotatable bonds is 12. The van der Waals surface area contributed by atoms with Gasteiger partial charge in [-0.15, -0.1) is 0 Å². The van der Waals surface area contributed by atoms with E-state index in [4.69, 9.17) is 18.4 Å². The third-order valence-corrected chi connectivity index (χ3v) is 7.83. The SMILES string of the molecule is CCCCOc1ccc([C@H](CC(=O)N2C(=O)OC[C@@H]2C(C)C)OS(=O)(=O)c2ccc(Br)cc2)cc1OC. The summed E-state index contributed by atoms with van der Waals surface area (Å²) in [6.45, 7) is 6.38. The van der Waals surface area contributed by atoms with Crippen molar-refractivity contribution >= 4 is 38.0 Å². The first-order valence-electron chi connectivity index (χ1n) is 12.1. The van der Waals surface area contributed by atoms with E-state index in [1.54, 1.807) is 30.3 Å². The molecule has 3 rings (SSSR count). The molecular formula is C26H32BrNO8S. The monoisotopic (exact) mass is 597 g/mol. The molecule has 1 aliphatic rings. The molecule has 0 spiro atoms. The van der Waals surface area contributed by atoms with Crippen LogP contribution in [-0.4, -0.2) is 51.7 Å². The van der Waals surface area contributed by atoms with Crippen molar-refractivity contribution in [3.05, 3.63) is 52.5 Å². The van der Waals surface area contributed by atoms with Gasteiger partial charge in [-0.3, -0.25) is 8.98 Å². The van der Waals surface area contributed by atoms with Crippen molar-refractivity contribution in [2.75, 3.05) is 20.3 Å². The molecule has 2 atom stereocenters. The lowest BCUT2D eigenvalue weighted by Crippen LogP contribution is -2.42. The molecule has 0 aliphatic carbocycles. The molecule has 2 aromatic carbocycles. The zero-order valence-corrected chi connectivity index (χ0v) is 23.7. The van der Waals surface area contributed by atoms with Crippen LogP contribution in [-0.2, 0) is 23.8 Å². The summed E-state index contributed by atoms with van der Waals surface area (Å²) < 4.78 is 48.9. The maximum atomic E-state index is 13.3. The van der Waals surface area contributed by atoms with E-state index in [2.05, 4.69) is 22.9 Å². The normalized spacial score (nSPS) is 16.5. The molecule has 1 heterocycles. The number of carbonyl (C=O) groups excluding carboxylic acids is 2. The number of hydrogen-bond donors (Lipinski definition) is 0. The molecule has 0 unspecified atom stereocenters. The molecule has 0 radical (unpaired) electrons. The maximum absolute atomic E-state index is 13.3. The number of amides is 2. The van der Waals surface area contributed by atoms with Crippen LogP contribution < -0.4 is 9.47 Å². The Morgan fingerprint density at radius 1 is 1.16 bits per heavy atom. The zero-order valence-electron chi connectivity index (χ0n) is 21.3. The lowest BCUT2D eigenvalue weighted by Gasteiger charge is -2.25. The van der Waals surface area contributed by atoms with Crippen molar-refractivity contribution in [3.63, 3.8) is 0 Å². The summed E-state index contributed by atoms with van der Waals surface area (Å²) in [5.41, 5.74) is 0.377. The molecule has 1 aliphatic heterocycles. The minimum Gasteiger partial charge on any atom is -0.493 e. The van der Waals surface area contributed by atoms with E-state index in [-0.39, 0.29) is 17.4 Å². The lowest BCUT2D eigenvalue weighted by molar-refractivity contribution is -0.131. The van der Waals surface area contributed by atoms with Crippen LogP contribution in [0.15, 0.2) is 51.8 Å². The van der Waals surface area contributed by atoms with Crippen LogP contribution in [0.3, 0.4) is 0 Å². The highest BCUT2D eigenvalue weighted by Crippen LogP contribution is 2.35. The van der Waals surface area contributed by atoms with E-state index in [0.29, 0.717) is 28.1 Å². The summed E-state index contributed by atoms with van der Waals surface area (Å²) in [7, 11) is -2.79. The molecule has 9 nitrogen and oxygen atoms in total. The van der Waals surface area contributed by atoms with Crippen LogP contribution in [0, 0.1) is 5.92 Å². The number of carbonyl (C=O) groups is 2. The molecule has 0 aromatic heterocycles. The van der Waals surface area contributed by atoms with Crippen molar-refractivity contribution in [3.8, 4) is 11.5 Å². The second kappa shape index (κ2) is 12.7. The minimum absolute atomic E-state index is 0.0408. The van der Waals surface area contributed by atoms with Gasteiger partial charge in [-0.2, -0.15) is 8.42 Å². The van der Waals surface area contributed by atoms with E-state index in [9.17, 15) is 18.0 Å². The van der Waals surface area contributed by atoms with Gasteiger partial charge < -0.3 is 14.2 Å². The summed E-state index contributed by atoms with van der Waals surface area (Å²) in [5.74, 6) is 0.222. The number of nitrogens with zero attached hydrogens (tertiary/aromatic N) is 1. The third-order valence-electron chi connectivity index (χ3n) is 5.96. The highest BCUT2D eigenvalue weighted by Gasteiger charge is 2.41. The Morgan fingerprint density at radius 3 is 2.49 bits per heavy atom. The fraction of sp³-hybridized carbons (Fsp3) is 0.462. The Hall–Kier alpha value is -2.63. The second-order valence-electron chi connectivity index (χ2n) is 8.96. The Morgan fingerprint density at radius 2 is 1.86 bits per heavy atom. The van der Waals surface area contributed by atoms with Gasteiger partial charge >= 0.3 is 6.09 Å². The molecule has 0 bridgehead atoms. The van der Waals surface area contributed by atoms with Gasteiger partial charge in [-0.1, -0.05) is 49.2 Å². The number of imide groups is 1. The van der Waals surface area contributed by atoms with Crippen LogP contribution in [0.1, 0.15) is 51.7 Å². The smallest absolute Gasteiger partial charge is 0.416 e. The molecule has 11 heteroatoms. The number of ether oxygens (including phenoxy) is 3. The predicted octanol–water partition coefficient (Wildman–Crippen LogP) is 5.48. The van der Waals surface area contributed by atoms with E-state index in [0.717, 1.165) is 17.7 Å². The maximum Gasteiger partial charge on any atom is 0.416 e. The third kappa shape index (κ3) is 7.24. The first-order valence-corrected chi connectivity index (χ1v) is 14.3. The highest BCUT2D eigenvalue weighted by atomic mass is 79.9. The number of methoxy groups -OCH3 is 1. The molecule has 2 aromatic rings. The average molecular weight is 599 g/mol. The molecule has 37 heavy (non-hydrogen) atoms. The van der Waals surface area contributed by atoms with Crippen LogP contribution >= 0.6 is 15.9 Å². The fourth-order valence-corrected chi connectivity index (χ4v) is 5.15. The topological polar surface area (TPSA) is 108 Å². The summed E-state index contributed by atoms with van der Waals surface area (Å²) in [6.07, 6.45) is -0.577. The quantitative estimate of drug-likeness (QED) is 0.234. The minimum atomic E-state index is -4.26. The fourth-order valence-electron chi connectivity index (χ4n) is 3.82. The van der Waals surface area contributed by atoms with E-state index in [1.165, 1.54) is 19.2 Å². The van der Waals surface area contributed by atoms with Crippen molar-refractivity contribution in [2.24, 2.45) is 5.92 Å². The van der Waals surface area contributed by atoms with Crippen molar-refractivity contribution in [1.29, 1.82) is 0 Å².